The Labute approximate surface area is 101 Å². The molecule has 1 aromatic heterocycles. The van der Waals surface area contributed by atoms with E-state index in [1.54, 1.807) is 18.2 Å². The molecule has 0 atom stereocenters. The summed E-state index contributed by atoms with van der Waals surface area (Å²) in [5.41, 5.74) is 1.42. The van der Waals surface area contributed by atoms with Gasteiger partial charge >= 0.3 is 5.82 Å². The number of nitro groups is 1. The maximum Gasteiger partial charge on any atom is 0.363 e. The summed E-state index contributed by atoms with van der Waals surface area (Å²) < 4.78 is 0. The SMILES string of the molecule is O=[N+]([O-])c1ccc(-c2ccc(O)c(Cl)c2)cn1. The van der Waals surface area contributed by atoms with Gasteiger partial charge in [0.25, 0.3) is 0 Å². The van der Waals surface area contributed by atoms with Crippen molar-refractivity contribution in [2.24, 2.45) is 0 Å². The maximum absolute atomic E-state index is 10.4. The average Bonchev–Trinajstić information content (AvgIpc) is 2.33. The smallest absolute Gasteiger partial charge is 0.363 e. The van der Waals surface area contributed by atoms with Crippen molar-refractivity contribution in [3.05, 3.63) is 51.7 Å². The van der Waals surface area contributed by atoms with E-state index in [4.69, 9.17) is 11.6 Å². The lowest BCUT2D eigenvalue weighted by atomic mass is 10.1. The summed E-state index contributed by atoms with van der Waals surface area (Å²) in [5, 5.41) is 19.9. The van der Waals surface area contributed by atoms with Gasteiger partial charge in [0.15, 0.2) is 0 Å². The van der Waals surface area contributed by atoms with E-state index >= 15 is 0 Å². The lowest BCUT2D eigenvalue weighted by Gasteiger charge is -2.01. The third-order valence-corrected chi connectivity index (χ3v) is 2.52. The first-order chi connectivity index (χ1) is 8.08. The first-order valence-corrected chi connectivity index (χ1v) is 5.05. The number of benzene rings is 1. The molecule has 1 heterocycles. The van der Waals surface area contributed by atoms with Gasteiger partial charge < -0.3 is 15.2 Å². The van der Waals surface area contributed by atoms with Crippen LogP contribution in [0.15, 0.2) is 36.5 Å². The minimum Gasteiger partial charge on any atom is -0.506 e. The summed E-state index contributed by atoms with van der Waals surface area (Å²) in [4.78, 5) is 13.6. The molecule has 5 nitrogen and oxygen atoms in total. The number of rotatable bonds is 2. The summed E-state index contributed by atoms with van der Waals surface area (Å²) in [5.74, 6) is -0.219. The zero-order chi connectivity index (χ0) is 12.4. The number of phenolic OH excluding ortho intramolecular Hbond substituents is 1. The molecular weight excluding hydrogens is 244 g/mol. The summed E-state index contributed by atoms with van der Waals surface area (Å²) in [7, 11) is 0. The molecule has 0 saturated carbocycles. The molecule has 86 valence electrons. The second kappa shape index (κ2) is 4.39. The molecule has 2 rings (SSSR count). The Morgan fingerprint density at radius 2 is 1.94 bits per heavy atom. The molecule has 0 unspecified atom stereocenters. The third kappa shape index (κ3) is 2.34. The summed E-state index contributed by atoms with van der Waals surface area (Å²) >= 11 is 5.77. The zero-order valence-corrected chi connectivity index (χ0v) is 9.26. The summed E-state index contributed by atoms with van der Waals surface area (Å²) in [6, 6.07) is 7.58. The Morgan fingerprint density at radius 1 is 1.24 bits per heavy atom. The van der Waals surface area contributed by atoms with Gasteiger partial charge in [-0.3, -0.25) is 0 Å². The van der Waals surface area contributed by atoms with Crippen LogP contribution in [0.1, 0.15) is 0 Å². The maximum atomic E-state index is 10.4. The fourth-order valence-electron chi connectivity index (χ4n) is 1.35. The lowest BCUT2D eigenvalue weighted by Crippen LogP contribution is -1.91. The Kier molecular flexibility index (Phi) is 2.93. The monoisotopic (exact) mass is 250 g/mol. The van der Waals surface area contributed by atoms with E-state index < -0.39 is 4.92 Å². The van der Waals surface area contributed by atoms with Crippen molar-refractivity contribution in [3.63, 3.8) is 0 Å². The second-order valence-corrected chi connectivity index (χ2v) is 3.74. The predicted octanol–water partition coefficient (Wildman–Crippen LogP) is 3.02. The number of nitrogens with zero attached hydrogens (tertiary/aromatic N) is 2. The van der Waals surface area contributed by atoms with E-state index in [1.165, 1.54) is 18.3 Å². The van der Waals surface area contributed by atoms with Crippen LogP contribution >= 0.6 is 11.6 Å². The highest BCUT2D eigenvalue weighted by atomic mass is 35.5. The second-order valence-electron chi connectivity index (χ2n) is 3.33. The minimum atomic E-state index is -0.562. The molecule has 0 aliphatic rings. The largest absolute Gasteiger partial charge is 0.506 e. The van der Waals surface area contributed by atoms with Crippen molar-refractivity contribution in [1.29, 1.82) is 0 Å². The van der Waals surface area contributed by atoms with Crippen molar-refractivity contribution < 1.29 is 10.0 Å². The Hall–Kier alpha value is -2.14. The van der Waals surface area contributed by atoms with E-state index in [2.05, 4.69) is 4.98 Å². The third-order valence-electron chi connectivity index (χ3n) is 2.22. The number of hydrogen-bond acceptors (Lipinski definition) is 4. The highest BCUT2D eigenvalue weighted by molar-refractivity contribution is 6.32. The first kappa shape index (κ1) is 11.3. The molecule has 17 heavy (non-hydrogen) atoms. The topological polar surface area (TPSA) is 76.3 Å². The van der Waals surface area contributed by atoms with Crippen LogP contribution in [-0.2, 0) is 0 Å². The molecule has 0 bridgehead atoms. The molecule has 0 radical (unpaired) electrons. The first-order valence-electron chi connectivity index (χ1n) is 4.67. The van der Waals surface area contributed by atoms with Crippen molar-refractivity contribution in [1.82, 2.24) is 4.98 Å². The van der Waals surface area contributed by atoms with Gasteiger partial charge in [-0.15, -0.1) is 0 Å². The fourth-order valence-corrected chi connectivity index (χ4v) is 1.53. The van der Waals surface area contributed by atoms with Crippen molar-refractivity contribution in [3.8, 4) is 16.9 Å². The van der Waals surface area contributed by atoms with Gasteiger partial charge in [-0.2, -0.15) is 0 Å². The van der Waals surface area contributed by atoms with Crippen LogP contribution in [0, 0.1) is 10.1 Å². The molecule has 1 aromatic carbocycles. The van der Waals surface area contributed by atoms with Gasteiger partial charge in [0, 0.05) is 11.6 Å². The highest BCUT2D eigenvalue weighted by Gasteiger charge is 2.08. The lowest BCUT2D eigenvalue weighted by molar-refractivity contribution is -0.389. The number of aromatic hydroxyl groups is 1. The van der Waals surface area contributed by atoms with Crippen LogP contribution < -0.4 is 0 Å². The molecule has 0 amide bonds. The number of halogens is 1. The quantitative estimate of drug-likeness (QED) is 0.657. The summed E-state index contributed by atoms with van der Waals surface area (Å²) in [6.07, 6.45) is 1.39. The zero-order valence-electron chi connectivity index (χ0n) is 8.50. The van der Waals surface area contributed by atoms with Crippen LogP contribution in [0.3, 0.4) is 0 Å². The molecule has 0 spiro atoms. The van der Waals surface area contributed by atoms with E-state index in [-0.39, 0.29) is 16.6 Å². The van der Waals surface area contributed by atoms with Crippen LogP contribution in [0.2, 0.25) is 5.02 Å². The van der Waals surface area contributed by atoms with E-state index in [0.717, 1.165) is 5.56 Å². The molecule has 0 aliphatic carbocycles. The van der Waals surface area contributed by atoms with Crippen molar-refractivity contribution in [2.45, 2.75) is 0 Å². The van der Waals surface area contributed by atoms with Crippen molar-refractivity contribution in [2.75, 3.05) is 0 Å². The molecular formula is C11H7ClN2O3. The van der Waals surface area contributed by atoms with Crippen molar-refractivity contribution >= 4 is 17.4 Å². The number of pyridine rings is 1. The van der Waals surface area contributed by atoms with Gasteiger partial charge in [-0.1, -0.05) is 17.7 Å². The molecule has 2 aromatic rings. The predicted molar refractivity (Wildman–Crippen MR) is 63.0 cm³/mol. The number of aromatic nitrogens is 1. The Bertz CT molecular complexity index is 569. The molecule has 6 heteroatoms. The van der Waals surface area contributed by atoms with E-state index in [1.807, 2.05) is 0 Å². The van der Waals surface area contributed by atoms with Gasteiger partial charge in [0.1, 0.15) is 11.9 Å². The van der Waals surface area contributed by atoms with Crippen LogP contribution in [-0.4, -0.2) is 15.0 Å². The van der Waals surface area contributed by atoms with Crippen LogP contribution in [0.4, 0.5) is 5.82 Å². The van der Waals surface area contributed by atoms with Gasteiger partial charge in [-0.25, -0.2) is 0 Å². The Morgan fingerprint density at radius 3 is 2.47 bits per heavy atom. The van der Waals surface area contributed by atoms with Crippen LogP contribution in [0.25, 0.3) is 11.1 Å². The molecule has 0 aliphatic heterocycles. The van der Waals surface area contributed by atoms with Crippen LogP contribution in [0.5, 0.6) is 5.75 Å². The van der Waals surface area contributed by atoms with E-state index in [0.29, 0.717) is 5.56 Å². The number of phenols is 1. The molecule has 0 saturated heterocycles. The van der Waals surface area contributed by atoms with Gasteiger partial charge in [0.2, 0.25) is 0 Å². The molecule has 1 N–H and O–H groups in total. The Balaban J connectivity index is 2.39. The minimum absolute atomic E-state index is 0.00899. The van der Waals surface area contributed by atoms with E-state index in [9.17, 15) is 15.2 Å². The van der Waals surface area contributed by atoms with Gasteiger partial charge in [0.05, 0.1) is 5.02 Å². The normalized spacial score (nSPS) is 10.2. The number of hydrogen-bond donors (Lipinski definition) is 1. The fraction of sp³-hybridized carbons (Fsp3) is 0. The average molecular weight is 251 g/mol. The molecule has 0 fully saturated rings. The summed E-state index contributed by atoms with van der Waals surface area (Å²) in [6.45, 7) is 0. The highest BCUT2D eigenvalue weighted by Crippen LogP contribution is 2.29. The standard InChI is InChI=1S/C11H7ClN2O3/c12-9-5-7(1-3-10(9)15)8-2-4-11(13-6-8)14(16)17/h1-6,15H. The van der Waals surface area contributed by atoms with Gasteiger partial charge in [-0.05, 0) is 33.7 Å².